The molecule has 3 nitrogen and oxygen atoms in total. The molecule has 1 atom stereocenters. The van der Waals surface area contributed by atoms with Crippen LogP contribution in [0.15, 0.2) is 24.3 Å². The number of hydrogen-bond donors (Lipinski definition) is 1. The summed E-state index contributed by atoms with van der Waals surface area (Å²) in [6.07, 6.45) is -0.487. The number of rotatable bonds is 3. The number of nitrogens with one attached hydrogen (secondary N) is 1. The van der Waals surface area contributed by atoms with Crippen molar-refractivity contribution in [3.05, 3.63) is 35.6 Å². The third kappa shape index (κ3) is 4.11. The highest BCUT2D eigenvalue weighted by Gasteiger charge is 2.43. The lowest BCUT2D eigenvalue weighted by Gasteiger charge is -2.21. The third-order valence-corrected chi connectivity index (χ3v) is 3.09. The van der Waals surface area contributed by atoms with Crippen molar-refractivity contribution in [3.8, 4) is 0 Å². The number of hydrogen-bond acceptors (Lipinski definition) is 2. The van der Waals surface area contributed by atoms with Crippen LogP contribution >= 0.6 is 12.4 Å². The van der Waals surface area contributed by atoms with Crippen LogP contribution in [0.4, 0.5) is 13.2 Å². The number of carbonyl (C=O) groups excluding carboxylic acids is 1. The Morgan fingerprint density at radius 3 is 2.75 bits per heavy atom. The Hall–Kier alpha value is -1.27. The van der Waals surface area contributed by atoms with E-state index in [0.29, 0.717) is 5.56 Å². The van der Waals surface area contributed by atoms with Gasteiger partial charge >= 0.3 is 0 Å². The van der Waals surface area contributed by atoms with Crippen LogP contribution in [0.1, 0.15) is 12.0 Å². The fourth-order valence-electron chi connectivity index (χ4n) is 2.14. The minimum Gasteiger partial charge on any atom is -0.340 e. The molecule has 1 aliphatic heterocycles. The summed E-state index contributed by atoms with van der Waals surface area (Å²) in [5.74, 6) is -3.62. The van der Waals surface area contributed by atoms with E-state index in [4.69, 9.17) is 0 Å². The fraction of sp³-hybridized carbons (Fsp3) is 0.462. The van der Waals surface area contributed by atoms with Crippen molar-refractivity contribution in [2.24, 2.45) is 0 Å². The lowest BCUT2D eigenvalue weighted by molar-refractivity contribution is -0.132. The van der Waals surface area contributed by atoms with Crippen LogP contribution in [-0.4, -0.2) is 36.4 Å². The summed E-state index contributed by atoms with van der Waals surface area (Å²) in [7, 11) is 1.52. The van der Waals surface area contributed by atoms with E-state index in [1.165, 1.54) is 24.1 Å². The van der Waals surface area contributed by atoms with Crippen LogP contribution in [0, 0.1) is 5.82 Å². The number of likely N-dealkylation sites (N-methyl/N-ethyl adjacent to an activating group) is 1. The molecule has 1 N–H and O–H groups in total. The maximum Gasteiger partial charge on any atom is 0.262 e. The molecule has 7 heteroatoms. The highest BCUT2D eigenvalue weighted by molar-refractivity contribution is 5.85. The van der Waals surface area contributed by atoms with Gasteiger partial charge in [0.1, 0.15) is 5.82 Å². The van der Waals surface area contributed by atoms with Crippen LogP contribution in [-0.2, 0) is 11.3 Å². The molecular weight excluding hydrogens is 293 g/mol. The molecule has 0 radical (unpaired) electrons. The first kappa shape index (κ1) is 16.8. The zero-order valence-corrected chi connectivity index (χ0v) is 11.7. The molecule has 1 aliphatic rings. The lowest BCUT2D eigenvalue weighted by atomic mass is 10.1. The van der Waals surface area contributed by atoms with Crippen molar-refractivity contribution in [3.63, 3.8) is 0 Å². The third-order valence-electron chi connectivity index (χ3n) is 3.09. The van der Waals surface area contributed by atoms with Gasteiger partial charge in [-0.15, -0.1) is 12.4 Å². The molecule has 1 amide bonds. The first-order valence-corrected chi connectivity index (χ1v) is 5.98. The molecule has 1 aromatic rings. The Kier molecular flexibility index (Phi) is 5.42. The van der Waals surface area contributed by atoms with Crippen LogP contribution < -0.4 is 5.32 Å². The van der Waals surface area contributed by atoms with Gasteiger partial charge in [0.2, 0.25) is 5.91 Å². The minimum atomic E-state index is -2.83. The molecule has 20 heavy (non-hydrogen) atoms. The van der Waals surface area contributed by atoms with E-state index < -0.39 is 30.8 Å². The number of alkyl halides is 2. The van der Waals surface area contributed by atoms with Gasteiger partial charge in [-0.05, 0) is 17.7 Å². The van der Waals surface area contributed by atoms with Crippen molar-refractivity contribution in [1.29, 1.82) is 0 Å². The largest absolute Gasteiger partial charge is 0.340 e. The summed E-state index contributed by atoms with van der Waals surface area (Å²) in [6, 6.07) is 4.99. The Morgan fingerprint density at radius 1 is 1.50 bits per heavy atom. The zero-order valence-electron chi connectivity index (χ0n) is 10.9. The molecule has 1 aromatic carbocycles. The average molecular weight is 309 g/mol. The first-order chi connectivity index (χ1) is 8.87. The van der Waals surface area contributed by atoms with Crippen LogP contribution in [0.25, 0.3) is 0 Å². The maximum absolute atomic E-state index is 13.0. The number of nitrogens with zero attached hydrogens (tertiary/aromatic N) is 1. The standard InChI is InChI=1S/C13H15F3N2O.ClH/c1-18(7-9-3-2-4-10(14)5-9)12(19)11-6-13(15,16)8-17-11;/h2-5,11,17H,6-8H2,1H3;1H. The van der Waals surface area contributed by atoms with E-state index in [1.807, 2.05) is 0 Å². The number of carbonyl (C=O) groups is 1. The molecule has 0 saturated carbocycles. The van der Waals surface area contributed by atoms with Crippen LogP contribution in [0.5, 0.6) is 0 Å². The summed E-state index contributed by atoms with van der Waals surface area (Å²) in [4.78, 5) is 13.3. The quantitative estimate of drug-likeness (QED) is 0.928. The summed E-state index contributed by atoms with van der Waals surface area (Å²) in [6.45, 7) is -0.280. The van der Waals surface area contributed by atoms with Crippen molar-refractivity contribution >= 4 is 18.3 Å². The van der Waals surface area contributed by atoms with Gasteiger partial charge in [0.25, 0.3) is 5.92 Å². The van der Waals surface area contributed by atoms with Gasteiger partial charge in [0.05, 0.1) is 12.6 Å². The van der Waals surface area contributed by atoms with E-state index in [0.717, 1.165) is 0 Å². The van der Waals surface area contributed by atoms with Gasteiger partial charge in [-0.25, -0.2) is 13.2 Å². The highest BCUT2D eigenvalue weighted by Crippen LogP contribution is 2.26. The van der Waals surface area contributed by atoms with Gasteiger partial charge in [0.15, 0.2) is 0 Å². The Balaban J connectivity index is 0.00000200. The molecule has 1 fully saturated rings. The highest BCUT2D eigenvalue weighted by atomic mass is 35.5. The van der Waals surface area contributed by atoms with Gasteiger partial charge in [0, 0.05) is 20.0 Å². The lowest BCUT2D eigenvalue weighted by Crippen LogP contribution is -2.41. The van der Waals surface area contributed by atoms with Crippen molar-refractivity contribution < 1.29 is 18.0 Å². The molecule has 1 unspecified atom stereocenters. The number of benzene rings is 1. The zero-order chi connectivity index (χ0) is 14.0. The van der Waals surface area contributed by atoms with Gasteiger partial charge in [-0.3, -0.25) is 10.1 Å². The summed E-state index contributed by atoms with van der Waals surface area (Å²) in [5.41, 5.74) is 0.626. The van der Waals surface area contributed by atoms with Crippen LogP contribution in [0.2, 0.25) is 0 Å². The van der Waals surface area contributed by atoms with E-state index in [-0.39, 0.29) is 24.8 Å². The minimum absolute atomic E-state index is 0. The molecular formula is C13H16ClF3N2O. The molecule has 0 bridgehead atoms. The van der Waals surface area contributed by atoms with Gasteiger partial charge in [-0.1, -0.05) is 12.1 Å². The SMILES string of the molecule is CN(Cc1cccc(F)c1)C(=O)C1CC(F)(F)CN1.Cl. The van der Waals surface area contributed by atoms with Crippen molar-refractivity contribution in [1.82, 2.24) is 10.2 Å². The second-order valence-corrected chi connectivity index (χ2v) is 4.82. The molecule has 1 heterocycles. The Bertz CT molecular complexity index is 484. The van der Waals surface area contributed by atoms with Gasteiger partial charge < -0.3 is 4.90 Å². The Morgan fingerprint density at radius 2 is 2.20 bits per heavy atom. The fourth-order valence-corrected chi connectivity index (χ4v) is 2.14. The van der Waals surface area contributed by atoms with Gasteiger partial charge in [-0.2, -0.15) is 0 Å². The predicted octanol–water partition coefficient (Wildman–Crippen LogP) is 2.20. The second-order valence-electron chi connectivity index (χ2n) is 4.82. The molecule has 1 saturated heterocycles. The number of amides is 1. The normalized spacial score (nSPS) is 20.3. The van der Waals surface area contributed by atoms with Crippen molar-refractivity contribution in [2.75, 3.05) is 13.6 Å². The molecule has 0 aliphatic carbocycles. The summed E-state index contributed by atoms with van der Waals surface area (Å²) < 4.78 is 39.0. The van der Waals surface area contributed by atoms with E-state index in [9.17, 15) is 18.0 Å². The summed E-state index contributed by atoms with van der Waals surface area (Å²) in [5, 5.41) is 2.51. The molecule has 2 rings (SSSR count). The molecule has 0 spiro atoms. The summed E-state index contributed by atoms with van der Waals surface area (Å²) >= 11 is 0. The topological polar surface area (TPSA) is 32.3 Å². The maximum atomic E-state index is 13.0. The van der Waals surface area contributed by atoms with Crippen molar-refractivity contribution in [2.45, 2.75) is 24.9 Å². The van der Waals surface area contributed by atoms with Crippen LogP contribution in [0.3, 0.4) is 0 Å². The van der Waals surface area contributed by atoms with E-state index >= 15 is 0 Å². The Labute approximate surface area is 121 Å². The second kappa shape index (κ2) is 6.45. The monoisotopic (exact) mass is 308 g/mol. The average Bonchev–Trinajstić information content (AvgIpc) is 2.68. The predicted molar refractivity (Wildman–Crippen MR) is 71.5 cm³/mol. The molecule has 0 aromatic heterocycles. The first-order valence-electron chi connectivity index (χ1n) is 5.98. The van der Waals surface area contributed by atoms with E-state index in [1.54, 1.807) is 12.1 Å². The smallest absolute Gasteiger partial charge is 0.262 e. The molecule has 112 valence electrons. The number of halogens is 4. The van der Waals surface area contributed by atoms with E-state index in [2.05, 4.69) is 5.32 Å².